The Morgan fingerprint density at radius 1 is 1.47 bits per heavy atom. The molecule has 2 aromatic rings. The van der Waals surface area contributed by atoms with Crippen LogP contribution in [0, 0.1) is 0 Å². The second kappa shape index (κ2) is 4.58. The third kappa shape index (κ3) is 2.25. The molecule has 1 aliphatic carbocycles. The molecule has 0 aromatic carbocycles. The Morgan fingerprint density at radius 3 is 3.12 bits per heavy atom. The van der Waals surface area contributed by atoms with Crippen LogP contribution in [0.2, 0.25) is 0 Å². The van der Waals surface area contributed by atoms with E-state index in [2.05, 4.69) is 26.8 Å². The Kier molecular flexibility index (Phi) is 2.94. The van der Waals surface area contributed by atoms with Crippen molar-refractivity contribution in [2.24, 2.45) is 0 Å². The van der Waals surface area contributed by atoms with Crippen molar-refractivity contribution in [3.8, 4) is 10.7 Å². The number of hydrogen-bond donors (Lipinski definition) is 1. The first-order valence-electron chi connectivity index (χ1n) is 6.06. The number of aromatic nitrogens is 3. The molecular weight excluding hydrogens is 232 g/mol. The van der Waals surface area contributed by atoms with Crippen LogP contribution < -0.4 is 5.32 Å². The van der Waals surface area contributed by atoms with Crippen molar-refractivity contribution in [3.05, 3.63) is 23.6 Å². The van der Waals surface area contributed by atoms with Crippen molar-refractivity contribution in [1.82, 2.24) is 19.9 Å². The molecule has 3 rings (SSSR count). The molecule has 2 heterocycles. The summed E-state index contributed by atoms with van der Waals surface area (Å²) in [7, 11) is 0. The highest BCUT2D eigenvalue weighted by atomic mass is 32.1. The molecule has 5 heteroatoms. The fourth-order valence-corrected chi connectivity index (χ4v) is 2.77. The van der Waals surface area contributed by atoms with Gasteiger partial charge in [-0.25, -0.2) is 9.97 Å². The Morgan fingerprint density at radius 2 is 2.35 bits per heavy atom. The van der Waals surface area contributed by atoms with Crippen LogP contribution in [0.3, 0.4) is 0 Å². The highest BCUT2D eigenvalue weighted by molar-refractivity contribution is 7.15. The van der Waals surface area contributed by atoms with Gasteiger partial charge in [-0.1, -0.05) is 6.92 Å². The van der Waals surface area contributed by atoms with Gasteiger partial charge in [-0.05, 0) is 19.4 Å². The van der Waals surface area contributed by atoms with Crippen LogP contribution in [0.1, 0.15) is 30.7 Å². The summed E-state index contributed by atoms with van der Waals surface area (Å²) in [4.78, 5) is 10.0. The molecule has 0 radical (unpaired) electrons. The van der Waals surface area contributed by atoms with E-state index in [0.717, 1.165) is 18.1 Å². The monoisotopic (exact) mass is 248 g/mol. The van der Waals surface area contributed by atoms with Gasteiger partial charge in [-0.15, -0.1) is 11.3 Å². The lowest BCUT2D eigenvalue weighted by Gasteiger charge is -2.02. The molecular formula is C12H16N4S. The molecule has 0 unspecified atom stereocenters. The smallest absolute Gasteiger partial charge is 0.141 e. The Hall–Kier alpha value is -1.20. The fraction of sp³-hybridized carbons (Fsp3) is 0.500. The summed E-state index contributed by atoms with van der Waals surface area (Å²) in [5, 5.41) is 4.41. The van der Waals surface area contributed by atoms with E-state index in [9.17, 15) is 0 Å². The van der Waals surface area contributed by atoms with Gasteiger partial charge in [0, 0.05) is 23.7 Å². The van der Waals surface area contributed by atoms with Crippen molar-refractivity contribution in [3.63, 3.8) is 0 Å². The summed E-state index contributed by atoms with van der Waals surface area (Å²) in [5.74, 6) is 0. The van der Waals surface area contributed by atoms with E-state index in [1.54, 1.807) is 11.3 Å². The van der Waals surface area contributed by atoms with E-state index in [-0.39, 0.29) is 0 Å². The van der Waals surface area contributed by atoms with Gasteiger partial charge in [-0.3, -0.25) is 0 Å². The number of nitrogens with one attached hydrogen (secondary N) is 1. The highest BCUT2D eigenvalue weighted by Crippen LogP contribution is 2.38. The topological polar surface area (TPSA) is 42.7 Å². The number of rotatable bonds is 5. The highest BCUT2D eigenvalue weighted by Gasteiger charge is 2.26. The van der Waals surface area contributed by atoms with Crippen LogP contribution in [-0.2, 0) is 6.54 Å². The Labute approximate surface area is 105 Å². The summed E-state index contributed by atoms with van der Waals surface area (Å²) in [6.07, 6.45) is 8.37. The lowest BCUT2D eigenvalue weighted by atomic mass is 10.4. The summed E-state index contributed by atoms with van der Waals surface area (Å²) in [5.41, 5.74) is 1.17. The van der Waals surface area contributed by atoms with E-state index >= 15 is 0 Å². The van der Waals surface area contributed by atoms with Gasteiger partial charge in [0.1, 0.15) is 5.01 Å². The maximum atomic E-state index is 4.50. The molecule has 1 fully saturated rings. The SMILES string of the molecule is CCNCc1cnc(-c2cncn2C2CC2)s1. The van der Waals surface area contributed by atoms with Gasteiger partial charge in [0.05, 0.1) is 18.2 Å². The molecule has 0 spiro atoms. The Bertz CT molecular complexity index is 498. The van der Waals surface area contributed by atoms with Crippen LogP contribution in [0.4, 0.5) is 0 Å². The summed E-state index contributed by atoms with van der Waals surface area (Å²) >= 11 is 1.76. The van der Waals surface area contributed by atoms with Gasteiger partial charge in [0.25, 0.3) is 0 Å². The van der Waals surface area contributed by atoms with Crippen molar-refractivity contribution >= 4 is 11.3 Å². The van der Waals surface area contributed by atoms with Gasteiger partial charge in [0.15, 0.2) is 0 Å². The standard InChI is InChI=1S/C12H16N4S/c1-2-13-5-10-6-15-12(17-10)11-7-14-8-16(11)9-3-4-9/h6-9,13H,2-5H2,1H3. The summed E-state index contributed by atoms with van der Waals surface area (Å²) < 4.78 is 2.26. The molecule has 1 aliphatic rings. The van der Waals surface area contributed by atoms with Crippen LogP contribution in [-0.4, -0.2) is 21.1 Å². The third-order valence-electron chi connectivity index (χ3n) is 2.93. The van der Waals surface area contributed by atoms with Crippen molar-refractivity contribution in [1.29, 1.82) is 0 Å². The lowest BCUT2D eigenvalue weighted by molar-refractivity contribution is 0.734. The summed E-state index contributed by atoms with van der Waals surface area (Å²) in [6.45, 7) is 4.02. The average Bonchev–Trinajstić information content (AvgIpc) is 2.91. The minimum absolute atomic E-state index is 0.661. The van der Waals surface area contributed by atoms with Crippen molar-refractivity contribution in [2.45, 2.75) is 32.4 Å². The van der Waals surface area contributed by atoms with E-state index < -0.39 is 0 Å². The molecule has 0 aliphatic heterocycles. The largest absolute Gasteiger partial charge is 0.326 e. The molecule has 2 aromatic heterocycles. The maximum Gasteiger partial charge on any atom is 0.141 e. The number of nitrogens with zero attached hydrogens (tertiary/aromatic N) is 3. The van der Waals surface area contributed by atoms with E-state index in [1.807, 2.05) is 18.7 Å². The first kappa shape index (κ1) is 10.9. The Balaban J connectivity index is 1.82. The van der Waals surface area contributed by atoms with E-state index in [0.29, 0.717) is 6.04 Å². The van der Waals surface area contributed by atoms with Gasteiger partial charge in [-0.2, -0.15) is 0 Å². The zero-order chi connectivity index (χ0) is 11.7. The number of imidazole rings is 1. The minimum atomic E-state index is 0.661. The molecule has 17 heavy (non-hydrogen) atoms. The van der Waals surface area contributed by atoms with Crippen LogP contribution >= 0.6 is 11.3 Å². The minimum Gasteiger partial charge on any atom is -0.326 e. The van der Waals surface area contributed by atoms with Crippen LogP contribution in [0.25, 0.3) is 10.7 Å². The molecule has 1 N–H and O–H groups in total. The maximum absolute atomic E-state index is 4.50. The molecule has 0 amide bonds. The van der Waals surface area contributed by atoms with Gasteiger partial charge < -0.3 is 9.88 Å². The first-order valence-corrected chi connectivity index (χ1v) is 6.87. The second-order valence-electron chi connectivity index (χ2n) is 4.33. The van der Waals surface area contributed by atoms with Crippen molar-refractivity contribution in [2.75, 3.05) is 6.54 Å². The van der Waals surface area contributed by atoms with Gasteiger partial charge >= 0.3 is 0 Å². The van der Waals surface area contributed by atoms with E-state index in [1.165, 1.54) is 23.4 Å². The third-order valence-corrected chi connectivity index (χ3v) is 3.95. The predicted octanol–water partition coefficient (Wildman–Crippen LogP) is 2.45. The normalized spacial score (nSPS) is 15.4. The second-order valence-corrected chi connectivity index (χ2v) is 5.44. The summed E-state index contributed by atoms with van der Waals surface area (Å²) in [6, 6.07) is 0.661. The zero-order valence-corrected chi connectivity index (χ0v) is 10.7. The molecule has 90 valence electrons. The molecule has 0 bridgehead atoms. The quantitative estimate of drug-likeness (QED) is 0.884. The molecule has 4 nitrogen and oxygen atoms in total. The van der Waals surface area contributed by atoms with Crippen LogP contribution in [0.5, 0.6) is 0 Å². The average molecular weight is 248 g/mol. The molecule has 0 atom stereocenters. The van der Waals surface area contributed by atoms with E-state index in [4.69, 9.17) is 0 Å². The van der Waals surface area contributed by atoms with Gasteiger partial charge in [0.2, 0.25) is 0 Å². The molecule has 0 saturated heterocycles. The molecule has 1 saturated carbocycles. The van der Waals surface area contributed by atoms with Crippen LogP contribution in [0.15, 0.2) is 18.7 Å². The predicted molar refractivity (Wildman–Crippen MR) is 69.0 cm³/mol. The van der Waals surface area contributed by atoms with Crippen molar-refractivity contribution < 1.29 is 0 Å². The zero-order valence-electron chi connectivity index (χ0n) is 9.89. The fourth-order valence-electron chi connectivity index (χ4n) is 1.87. The first-order chi connectivity index (χ1) is 8.38. The lowest BCUT2D eigenvalue weighted by Crippen LogP contribution is -2.10. The number of hydrogen-bond acceptors (Lipinski definition) is 4. The number of thiazole rings is 1.